The monoisotopic (exact) mass is 151 g/mol. The molecular formula is C9H13NO. The Morgan fingerprint density at radius 2 is 2.18 bits per heavy atom. The van der Waals surface area contributed by atoms with E-state index in [1.807, 2.05) is 6.92 Å². The van der Waals surface area contributed by atoms with Crippen LogP contribution in [0, 0.1) is 5.41 Å². The molecule has 1 fully saturated rings. The molecule has 1 saturated carbocycles. The number of hydrogen-bond acceptors (Lipinski definition) is 1. The third-order valence-corrected chi connectivity index (χ3v) is 2.07. The van der Waals surface area contributed by atoms with Crippen molar-refractivity contribution < 1.29 is 4.79 Å². The van der Waals surface area contributed by atoms with Gasteiger partial charge in [0, 0.05) is 11.1 Å². The van der Waals surface area contributed by atoms with Gasteiger partial charge in [0.25, 0.3) is 0 Å². The lowest BCUT2D eigenvalue weighted by atomic mass is 10.1. The molecule has 1 rings (SSSR count). The van der Waals surface area contributed by atoms with Gasteiger partial charge >= 0.3 is 0 Å². The Hall–Kier alpha value is -1.05. The molecule has 0 radical (unpaired) electrons. The maximum atomic E-state index is 11.3. The van der Waals surface area contributed by atoms with Gasteiger partial charge in [-0.2, -0.15) is 0 Å². The Kier molecular flexibility index (Phi) is 1.85. The summed E-state index contributed by atoms with van der Waals surface area (Å²) in [7, 11) is 0. The van der Waals surface area contributed by atoms with E-state index in [-0.39, 0.29) is 11.3 Å². The molecule has 0 bridgehead atoms. The van der Waals surface area contributed by atoms with Crippen LogP contribution < -0.4 is 5.32 Å². The van der Waals surface area contributed by atoms with Crippen molar-refractivity contribution >= 4 is 5.91 Å². The molecule has 1 N–H and O–H groups in total. The van der Waals surface area contributed by atoms with Crippen LogP contribution in [0.2, 0.25) is 0 Å². The first-order valence-electron chi connectivity index (χ1n) is 3.71. The summed E-state index contributed by atoms with van der Waals surface area (Å²) >= 11 is 0. The molecule has 0 aliphatic heterocycles. The van der Waals surface area contributed by atoms with Crippen molar-refractivity contribution in [1.82, 2.24) is 5.32 Å². The molecule has 1 aliphatic rings. The number of carbonyl (C=O) groups excluding carboxylic acids is 1. The summed E-state index contributed by atoms with van der Waals surface area (Å²) in [6.45, 7) is 9.06. The molecule has 2 nitrogen and oxygen atoms in total. The summed E-state index contributed by atoms with van der Waals surface area (Å²) < 4.78 is 0. The molecule has 0 atom stereocenters. The van der Waals surface area contributed by atoms with Crippen molar-refractivity contribution in [2.75, 3.05) is 0 Å². The molecule has 0 spiro atoms. The summed E-state index contributed by atoms with van der Waals surface area (Å²) in [5, 5.41) is 2.68. The van der Waals surface area contributed by atoms with E-state index in [1.54, 1.807) is 6.08 Å². The van der Waals surface area contributed by atoms with Gasteiger partial charge < -0.3 is 5.32 Å². The zero-order chi connectivity index (χ0) is 8.48. The molecule has 0 aromatic carbocycles. The number of allylic oxidation sites excluding steroid dienone is 1. The quantitative estimate of drug-likeness (QED) is 0.610. The van der Waals surface area contributed by atoms with Crippen molar-refractivity contribution in [1.29, 1.82) is 0 Å². The van der Waals surface area contributed by atoms with Crippen LogP contribution in [0.25, 0.3) is 0 Å². The van der Waals surface area contributed by atoms with E-state index in [1.165, 1.54) is 0 Å². The van der Waals surface area contributed by atoms with E-state index < -0.39 is 0 Å². The highest BCUT2D eigenvalue weighted by molar-refractivity contribution is 5.86. The van der Waals surface area contributed by atoms with Gasteiger partial charge in [0.05, 0.1) is 0 Å². The predicted octanol–water partition coefficient (Wildman–Crippen LogP) is 1.60. The normalized spacial score (nSPS) is 18.6. The van der Waals surface area contributed by atoms with Crippen LogP contribution >= 0.6 is 0 Å². The Morgan fingerprint density at radius 3 is 2.55 bits per heavy atom. The van der Waals surface area contributed by atoms with Crippen molar-refractivity contribution in [2.24, 2.45) is 5.41 Å². The molecular weight excluding hydrogens is 138 g/mol. The van der Waals surface area contributed by atoms with E-state index in [9.17, 15) is 4.79 Å². The molecule has 0 saturated heterocycles. The van der Waals surface area contributed by atoms with Crippen LogP contribution in [0.15, 0.2) is 24.9 Å². The largest absolute Gasteiger partial charge is 0.326 e. The average molecular weight is 151 g/mol. The second-order valence-corrected chi connectivity index (χ2v) is 3.24. The third kappa shape index (κ3) is 1.70. The van der Waals surface area contributed by atoms with Crippen molar-refractivity contribution in [3.05, 3.63) is 24.9 Å². The molecule has 0 aromatic rings. The molecule has 0 aromatic heterocycles. The number of rotatable bonds is 3. The van der Waals surface area contributed by atoms with Gasteiger partial charge in [0.2, 0.25) is 5.91 Å². The SMILES string of the molecule is C=CC(=C)NC(=O)C1(C)CC1. The highest BCUT2D eigenvalue weighted by atomic mass is 16.2. The van der Waals surface area contributed by atoms with E-state index in [0.29, 0.717) is 5.70 Å². The molecule has 2 heteroatoms. The van der Waals surface area contributed by atoms with Crippen LogP contribution in [0.1, 0.15) is 19.8 Å². The Labute approximate surface area is 67.0 Å². The fourth-order valence-electron chi connectivity index (χ4n) is 0.762. The zero-order valence-electron chi connectivity index (χ0n) is 6.81. The predicted molar refractivity (Wildman–Crippen MR) is 44.8 cm³/mol. The molecule has 60 valence electrons. The smallest absolute Gasteiger partial charge is 0.230 e. The van der Waals surface area contributed by atoms with Crippen LogP contribution in [-0.2, 0) is 4.79 Å². The minimum absolute atomic E-state index is 0.0717. The zero-order valence-corrected chi connectivity index (χ0v) is 6.81. The van der Waals surface area contributed by atoms with Crippen LogP contribution in [-0.4, -0.2) is 5.91 Å². The summed E-state index contributed by atoms with van der Waals surface area (Å²) in [5.41, 5.74) is 0.467. The summed E-state index contributed by atoms with van der Waals surface area (Å²) in [4.78, 5) is 11.3. The molecule has 1 aliphatic carbocycles. The number of carbonyl (C=O) groups is 1. The lowest BCUT2D eigenvalue weighted by Crippen LogP contribution is -2.28. The van der Waals surface area contributed by atoms with Crippen LogP contribution in [0.4, 0.5) is 0 Å². The number of amides is 1. The standard InChI is InChI=1S/C9H13NO/c1-4-7(2)10-8(11)9(3)5-6-9/h4H,1-2,5-6H2,3H3,(H,10,11). The maximum absolute atomic E-state index is 11.3. The molecule has 0 heterocycles. The minimum atomic E-state index is -0.119. The topological polar surface area (TPSA) is 29.1 Å². The van der Waals surface area contributed by atoms with Gasteiger partial charge in [-0.1, -0.05) is 20.1 Å². The summed E-state index contributed by atoms with van der Waals surface area (Å²) in [6, 6.07) is 0. The van der Waals surface area contributed by atoms with E-state index >= 15 is 0 Å². The maximum Gasteiger partial charge on any atom is 0.230 e. The molecule has 1 amide bonds. The minimum Gasteiger partial charge on any atom is -0.326 e. The Bertz CT molecular complexity index is 214. The summed E-state index contributed by atoms with van der Waals surface area (Å²) in [6.07, 6.45) is 3.52. The second-order valence-electron chi connectivity index (χ2n) is 3.24. The van der Waals surface area contributed by atoms with E-state index in [0.717, 1.165) is 12.8 Å². The third-order valence-electron chi connectivity index (χ3n) is 2.07. The second kappa shape index (κ2) is 2.53. The fraction of sp³-hybridized carbons (Fsp3) is 0.444. The van der Waals surface area contributed by atoms with Crippen LogP contribution in [0.3, 0.4) is 0 Å². The van der Waals surface area contributed by atoms with Gasteiger partial charge in [-0.05, 0) is 18.9 Å². The van der Waals surface area contributed by atoms with Gasteiger partial charge in [0.1, 0.15) is 0 Å². The van der Waals surface area contributed by atoms with Crippen molar-refractivity contribution in [3.8, 4) is 0 Å². The van der Waals surface area contributed by atoms with Gasteiger partial charge in [-0.3, -0.25) is 4.79 Å². The molecule has 11 heavy (non-hydrogen) atoms. The van der Waals surface area contributed by atoms with Gasteiger partial charge in [-0.25, -0.2) is 0 Å². The van der Waals surface area contributed by atoms with Crippen LogP contribution in [0.5, 0.6) is 0 Å². The molecule has 0 unspecified atom stereocenters. The first kappa shape index (κ1) is 8.05. The van der Waals surface area contributed by atoms with Crippen molar-refractivity contribution in [2.45, 2.75) is 19.8 Å². The average Bonchev–Trinajstić information content (AvgIpc) is 2.69. The highest BCUT2D eigenvalue weighted by Gasteiger charge is 2.44. The fourth-order valence-corrected chi connectivity index (χ4v) is 0.762. The highest BCUT2D eigenvalue weighted by Crippen LogP contribution is 2.45. The van der Waals surface area contributed by atoms with E-state index in [2.05, 4.69) is 18.5 Å². The summed E-state index contributed by atoms with van der Waals surface area (Å²) in [5.74, 6) is 0.0717. The van der Waals surface area contributed by atoms with E-state index in [4.69, 9.17) is 0 Å². The van der Waals surface area contributed by atoms with Crippen molar-refractivity contribution in [3.63, 3.8) is 0 Å². The van der Waals surface area contributed by atoms with Gasteiger partial charge in [-0.15, -0.1) is 0 Å². The first-order chi connectivity index (χ1) is 5.08. The lowest BCUT2D eigenvalue weighted by molar-refractivity contribution is -0.124. The Balaban J connectivity index is 2.44. The number of nitrogens with one attached hydrogen (secondary N) is 1. The first-order valence-corrected chi connectivity index (χ1v) is 3.71. The van der Waals surface area contributed by atoms with Gasteiger partial charge in [0.15, 0.2) is 0 Å². The number of hydrogen-bond donors (Lipinski definition) is 1. The Morgan fingerprint density at radius 1 is 1.64 bits per heavy atom. The lowest BCUT2D eigenvalue weighted by Gasteiger charge is -2.08.